The molecule has 1 aromatic heterocycles. The molecule has 6 nitrogen and oxygen atoms in total. The van der Waals surface area contributed by atoms with Gasteiger partial charge in [-0.25, -0.2) is 4.98 Å². The van der Waals surface area contributed by atoms with Crippen molar-refractivity contribution in [3.8, 4) is 0 Å². The Morgan fingerprint density at radius 1 is 1.16 bits per heavy atom. The van der Waals surface area contributed by atoms with Gasteiger partial charge in [0.05, 0.1) is 11.0 Å². The van der Waals surface area contributed by atoms with E-state index in [1.54, 1.807) is 0 Å². The van der Waals surface area contributed by atoms with Gasteiger partial charge in [-0.15, -0.1) is 0 Å². The second kappa shape index (κ2) is 9.20. The molecule has 0 aliphatic heterocycles. The van der Waals surface area contributed by atoms with E-state index in [9.17, 15) is 9.59 Å². The molecule has 2 amide bonds. The van der Waals surface area contributed by atoms with Gasteiger partial charge in [0.1, 0.15) is 12.4 Å². The van der Waals surface area contributed by atoms with E-state index in [2.05, 4.69) is 5.32 Å². The number of carbonyl (C=O) groups is 2. The Hall–Kier alpha value is -2.37. The maximum atomic E-state index is 12.5. The Balaban J connectivity index is 2.15. The first-order valence-corrected chi connectivity index (χ1v) is 9.09. The highest BCUT2D eigenvalue weighted by Gasteiger charge is 2.16. The number of rotatable bonds is 9. The lowest BCUT2D eigenvalue weighted by Gasteiger charge is -2.20. The molecular formula is C19H28N4O2. The van der Waals surface area contributed by atoms with Gasteiger partial charge in [-0.3, -0.25) is 9.59 Å². The molecule has 0 saturated heterocycles. The van der Waals surface area contributed by atoms with Crippen molar-refractivity contribution in [2.75, 3.05) is 19.6 Å². The summed E-state index contributed by atoms with van der Waals surface area (Å²) >= 11 is 0. The number of hydrogen-bond donors (Lipinski definition) is 1. The number of aryl methyl sites for hydroxylation is 1. The van der Waals surface area contributed by atoms with Crippen LogP contribution in [-0.2, 0) is 22.6 Å². The van der Waals surface area contributed by atoms with E-state index >= 15 is 0 Å². The van der Waals surface area contributed by atoms with Crippen LogP contribution in [0.15, 0.2) is 24.3 Å². The average Bonchev–Trinajstić information content (AvgIpc) is 2.97. The molecule has 0 fully saturated rings. The molecule has 0 atom stereocenters. The monoisotopic (exact) mass is 344 g/mol. The van der Waals surface area contributed by atoms with Gasteiger partial charge >= 0.3 is 0 Å². The molecule has 136 valence electrons. The highest BCUT2D eigenvalue weighted by atomic mass is 16.2. The van der Waals surface area contributed by atoms with E-state index in [0.29, 0.717) is 32.6 Å². The molecule has 2 rings (SSSR count). The van der Waals surface area contributed by atoms with Crippen LogP contribution < -0.4 is 5.32 Å². The second-order valence-electron chi connectivity index (χ2n) is 5.98. The van der Waals surface area contributed by atoms with Gasteiger partial charge in [0, 0.05) is 32.5 Å². The number of amides is 2. The summed E-state index contributed by atoms with van der Waals surface area (Å²) in [6.07, 6.45) is 2.02. The summed E-state index contributed by atoms with van der Waals surface area (Å²) in [5, 5.41) is 2.88. The highest BCUT2D eigenvalue weighted by Crippen LogP contribution is 2.17. The van der Waals surface area contributed by atoms with Gasteiger partial charge in [-0.1, -0.05) is 19.1 Å². The summed E-state index contributed by atoms with van der Waals surface area (Å²) in [7, 11) is 0. The molecule has 6 heteroatoms. The molecule has 0 bridgehead atoms. The smallest absolute Gasteiger partial charge is 0.242 e. The van der Waals surface area contributed by atoms with Gasteiger partial charge in [-0.05, 0) is 32.4 Å². The quantitative estimate of drug-likeness (QED) is 0.710. The standard InChI is InChI=1S/C19H28N4O2/c1-4-18(24)20-13-9-12-17-21-15-10-7-8-11-16(15)23(17)14-19(25)22(5-2)6-3/h7-8,10-11H,4-6,9,12-14H2,1-3H3,(H,20,24). The minimum Gasteiger partial charge on any atom is -0.356 e. The summed E-state index contributed by atoms with van der Waals surface area (Å²) in [6, 6.07) is 7.89. The van der Waals surface area contributed by atoms with E-state index in [1.807, 2.05) is 54.5 Å². The van der Waals surface area contributed by atoms with E-state index in [-0.39, 0.29) is 11.8 Å². The number of fused-ring (bicyclic) bond motifs is 1. The van der Waals surface area contributed by atoms with E-state index in [4.69, 9.17) is 4.98 Å². The predicted molar refractivity (Wildman–Crippen MR) is 99.3 cm³/mol. The molecule has 25 heavy (non-hydrogen) atoms. The maximum Gasteiger partial charge on any atom is 0.242 e. The van der Waals surface area contributed by atoms with Crippen LogP contribution in [0.3, 0.4) is 0 Å². The molecule has 0 radical (unpaired) electrons. The molecular weight excluding hydrogens is 316 g/mol. The molecule has 0 spiro atoms. The fourth-order valence-corrected chi connectivity index (χ4v) is 2.90. The zero-order valence-electron chi connectivity index (χ0n) is 15.4. The van der Waals surface area contributed by atoms with Crippen LogP contribution in [0.1, 0.15) is 39.4 Å². The third kappa shape index (κ3) is 4.81. The normalized spacial score (nSPS) is 10.8. The number of nitrogens with one attached hydrogen (secondary N) is 1. The Bertz CT molecular complexity index is 719. The first kappa shape index (κ1) is 19.0. The van der Waals surface area contributed by atoms with E-state index in [1.165, 1.54) is 0 Å². The summed E-state index contributed by atoms with van der Waals surface area (Å²) in [5.74, 6) is 1.06. The third-order valence-electron chi connectivity index (χ3n) is 4.36. The first-order valence-electron chi connectivity index (χ1n) is 9.09. The van der Waals surface area contributed by atoms with Crippen molar-refractivity contribution in [2.45, 2.75) is 46.6 Å². The van der Waals surface area contributed by atoms with Crippen LogP contribution in [-0.4, -0.2) is 45.9 Å². The molecule has 0 aliphatic carbocycles. The van der Waals surface area contributed by atoms with Gasteiger partial charge in [0.2, 0.25) is 11.8 Å². The summed E-state index contributed by atoms with van der Waals surface area (Å²) < 4.78 is 2.01. The van der Waals surface area contributed by atoms with Gasteiger partial charge in [0.15, 0.2) is 0 Å². The fraction of sp³-hybridized carbons (Fsp3) is 0.526. The molecule has 1 aromatic carbocycles. The largest absolute Gasteiger partial charge is 0.356 e. The maximum absolute atomic E-state index is 12.5. The molecule has 0 saturated carbocycles. The van der Waals surface area contributed by atoms with Crippen LogP contribution in [0.25, 0.3) is 11.0 Å². The second-order valence-corrected chi connectivity index (χ2v) is 5.98. The minimum atomic E-state index is 0.0604. The fourth-order valence-electron chi connectivity index (χ4n) is 2.90. The van der Waals surface area contributed by atoms with Gasteiger partial charge in [0.25, 0.3) is 0 Å². The van der Waals surface area contributed by atoms with E-state index < -0.39 is 0 Å². The number of nitrogens with zero attached hydrogens (tertiary/aromatic N) is 3. The van der Waals surface area contributed by atoms with Crippen molar-refractivity contribution >= 4 is 22.8 Å². The SMILES string of the molecule is CCC(=O)NCCCc1nc2ccccc2n1CC(=O)N(CC)CC. The number of likely N-dealkylation sites (N-methyl/N-ethyl adjacent to an activating group) is 1. The molecule has 0 unspecified atom stereocenters. The first-order chi connectivity index (χ1) is 12.1. The molecule has 1 N–H and O–H groups in total. The number of para-hydroxylation sites is 2. The van der Waals surface area contributed by atoms with Gasteiger partial charge < -0.3 is 14.8 Å². The third-order valence-corrected chi connectivity index (χ3v) is 4.36. The summed E-state index contributed by atoms with van der Waals surface area (Å²) in [6.45, 7) is 8.17. The minimum absolute atomic E-state index is 0.0604. The lowest BCUT2D eigenvalue weighted by atomic mass is 10.2. The predicted octanol–water partition coefficient (Wildman–Crippen LogP) is 2.36. The Morgan fingerprint density at radius 3 is 2.56 bits per heavy atom. The van der Waals surface area contributed by atoms with Crippen LogP contribution in [0.5, 0.6) is 0 Å². The van der Waals surface area contributed by atoms with Crippen molar-refractivity contribution in [3.63, 3.8) is 0 Å². The van der Waals surface area contributed by atoms with Crippen molar-refractivity contribution in [1.82, 2.24) is 19.8 Å². The van der Waals surface area contributed by atoms with Crippen LogP contribution in [0.4, 0.5) is 0 Å². The van der Waals surface area contributed by atoms with Crippen molar-refractivity contribution in [2.24, 2.45) is 0 Å². The van der Waals surface area contributed by atoms with Gasteiger partial charge in [-0.2, -0.15) is 0 Å². The van der Waals surface area contributed by atoms with E-state index in [0.717, 1.165) is 29.7 Å². The highest BCUT2D eigenvalue weighted by molar-refractivity contribution is 5.81. The van der Waals surface area contributed by atoms with Crippen LogP contribution in [0.2, 0.25) is 0 Å². The van der Waals surface area contributed by atoms with Crippen molar-refractivity contribution in [1.29, 1.82) is 0 Å². The number of hydrogen-bond acceptors (Lipinski definition) is 3. The number of aromatic nitrogens is 2. The Morgan fingerprint density at radius 2 is 1.88 bits per heavy atom. The van der Waals surface area contributed by atoms with Crippen molar-refractivity contribution in [3.05, 3.63) is 30.1 Å². The number of imidazole rings is 1. The lowest BCUT2D eigenvalue weighted by molar-refractivity contribution is -0.131. The Kier molecular flexibility index (Phi) is 6.98. The topological polar surface area (TPSA) is 67.2 Å². The Labute approximate surface area is 149 Å². The van der Waals surface area contributed by atoms with Crippen molar-refractivity contribution < 1.29 is 9.59 Å². The number of carbonyl (C=O) groups excluding carboxylic acids is 2. The zero-order chi connectivity index (χ0) is 18.2. The zero-order valence-corrected chi connectivity index (χ0v) is 15.4. The average molecular weight is 344 g/mol. The molecule has 2 aromatic rings. The van der Waals surface area contributed by atoms with Crippen LogP contribution in [0, 0.1) is 0 Å². The molecule has 1 heterocycles. The summed E-state index contributed by atoms with van der Waals surface area (Å²) in [5.41, 5.74) is 1.89. The number of benzene rings is 1. The molecule has 0 aliphatic rings. The lowest BCUT2D eigenvalue weighted by Crippen LogP contribution is -2.33. The summed E-state index contributed by atoms with van der Waals surface area (Å²) in [4.78, 5) is 30.4. The van der Waals surface area contributed by atoms with Crippen LogP contribution >= 0.6 is 0 Å².